The summed E-state index contributed by atoms with van der Waals surface area (Å²) in [4.78, 5) is 0. The number of hydrogen-bond acceptors (Lipinski definition) is 1. The van der Waals surface area contributed by atoms with Crippen molar-refractivity contribution in [3.05, 3.63) is 35.4 Å². The van der Waals surface area contributed by atoms with E-state index in [4.69, 9.17) is 0 Å². The fourth-order valence-electron chi connectivity index (χ4n) is 2.14. The van der Waals surface area contributed by atoms with E-state index in [1.807, 2.05) is 12.1 Å². The van der Waals surface area contributed by atoms with Gasteiger partial charge in [-0.25, -0.2) is 8.78 Å². The van der Waals surface area contributed by atoms with Gasteiger partial charge in [0.2, 0.25) is 0 Å². The predicted molar refractivity (Wildman–Crippen MR) is 60.9 cm³/mol. The van der Waals surface area contributed by atoms with Crippen LogP contribution in [0.5, 0.6) is 0 Å². The molecule has 0 aromatic heterocycles. The van der Waals surface area contributed by atoms with E-state index in [-0.39, 0.29) is 12.0 Å². The quantitative estimate of drug-likeness (QED) is 0.832. The van der Waals surface area contributed by atoms with E-state index in [2.05, 4.69) is 5.32 Å². The summed E-state index contributed by atoms with van der Waals surface area (Å²) >= 11 is 0. The van der Waals surface area contributed by atoms with Crippen LogP contribution in [0.15, 0.2) is 24.3 Å². The number of alkyl halides is 2. The van der Waals surface area contributed by atoms with Crippen LogP contribution in [0.4, 0.5) is 8.78 Å². The monoisotopic (exact) mass is 225 g/mol. The first kappa shape index (κ1) is 11.5. The van der Waals surface area contributed by atoms with Crippen LogP contribution < -0.4 is 5.32 Å². The van der Waals surface area contributed by atoms with Crippen LogP contribution in [0, 0.1) is 0 Å². The van der Waals surface area contributed by atoms with Crippen LogP contribution in [0.1, 0.15) is 36.8 Å². The van der Waals surface area contributed by atoms with E-state index < -0.39 is 5.92 Å². The van der Waals surface area contributed by atoms with E-state index in [1.165, 1.54) is 12.5 Å². The molecule has 0 aliphatic carbocycles. The molecule has 88 valence electrons. The van der Waals surface area contributed by atoms with Gasteiger partial charge in [0, 0.05) is 18.5 Å². The Kier molecular flexibility index (Phi) is 3.24. The summed E-state index contributed by atoms with van der Waals surface area (Å²) in [6, 6.07) is 6.82. The van der Waals surface area contributed by atoms with Crippen LogP contribution >= 0.6 is 0 Å². The predicted octanol–water partition coefficient (Wildman–Crippen LogP) is 3.27. The third kappa shape index (κ3) is 2.24. The molecule has 1 atom stereocenters. The first-order chi connectivity index (χ1) is 7.63. The Labute approximate surface area is 94.9 Å². The van der Waals surface area contributed by atoms with Crippen LogP contribution in [-0.4, -0.2) is 13.1 Å². The van der Waals surface area contributed by atoms with Crippen molar-refractivity contribution in [1.29, 1.82) is 0 Å². The Balaban J connectivity index is 2.15. The van der Waals surface area contributed by atoms with Gasteiger partial charge in [0.15, 0.2) is 0 Å². The number of halogens is 2. The molecule has 1 aliphatic rings. The molecule has 1 heterocycles. The summed E-state index contributed by atoms with van der Waals surface area (Å²) in [5.74, 6) is -2.20. The van der Waals surface area contributed by atoms with Crippen LogP contribution in [0.3, 0.4) is 0 Å². The molecule has 1 unspecified atom stereocenters. The summed E-state index contributed by atoms with van der Waals surface area (Å²) in [6.45, 7) is 3.50. The van der Waals surface area contributed by atoms with E-state index in [9.17, 15) is 8.78 Å². The second-order valence-electron chi connectivity index (χ2n) is 4.37. The van der Waals surface area contributed by atoms with Crippen molar-refractivity contribution in [3.8, 4) is 0 Å². The van der Waals surface area contributed by atoms with Gasteiger partial charge in [-0.1, -0.05) is 31.2 Å². The smallest absolute Gasteiger partial charge is 0.273 e. The Hall–Kier alpha value is -0.960. The molecule has 0 amide bonds. The molecule has 0 bridgehead atoms. The second-order valence-corrected chi connectivity index (χ2v) is 4.37. The maximum atomic E-state index is 13.4. The van der Waals surface area contributed by atoms with Gasteiger partial charge in [-0.2, -0.15) is 0 Å². The van der Waals surface area contributed by atoms with Crippen molar-refractivity contribution >= 4 is 0 Å². The van der Waals surface area contributed by atoms with Crippen molar-refractivity contribution in [2.45, 2.75) is 31.6 Å². The van der Waals surface area contributed by atoms with Crippen molar-refractivity contribution in [2.75, 3.05) is 13.1 Å². The molecule has 1 aromatic carbocycles. The molecule has 0 saturated carbocycles. The van der Waals surface area contributed by atoms with Gasteiger partial charge in [0.25, 0.3) is 5.92 Å². The molecule has 1 saturated heterocycles. The molecule has 1 nitrogen and oxygen atoms in total. The van der Waals surface area contributed by atoms with Crippen molar-refractivity contribution < 1.29 is 8.78 Å². The molecule has 2 rings (SSSR count). The SMILES string of the molecule is CCC(F)(F)c1ccc(C2CCNC2)cc1. The minimum absolute atomic E-state index is 0.129. The maximum absolute atomic E-state index is 13.4. The normalized spacial score (nSPS) is 21.3. The fraction of sp³-hybridized carbons (Fsp3) is 0.538. The summed E-state index contributed by atoms with van der Waals surface area (Å²) < 4.78 is 26.8. The summed E-state index contributed by atoms with van der Waals surface area (Å²) in [6.07, 6.45) is 0.959. The zero-order valence-corrected chi connectivity index (χ0v) is 9.47. The van der Waals surface area contributed by atoms with Gasteiger partial charge in [0.05, 0.1) is 0 Å². The first-order valence-electron chi connectivity index (χ1n) is 5.82. The van der Waals surface area contributed by atoms with E-state index in [0.29, 0.717) is 5.92 Å². The molecule has 16 heavy (non-hydrogen) atoms. The van der Waals surface area contributed by atoms with E-state index in [0.717, 1.165) is 19.5 Å². The molecule has 1 N–H and O–H groups in total. The van der Waals surface area contributed by atoms with Crippen LogP contribution in [-0.2, 0) is 5.92 Å². The zero-order chi connectivity index (χ0) is 11.6. The zero-order valence-electron chi connectivity index (χ0n) is 9.47. The number of rotatable bonds is 3. The largest absolute Gasteiger partial charge is 0.316 e. The average molecular weight is 225 g/mol. The number of nitrogens with one attached hydrogen (secondary N) is 1. The average Bonchev–Trinajstić information content (AvgIpc) is 2.83. The fourth-order valence-corrected chi connectivity index (χ4v) is 2.14. The van der Waals surface area contributed by atoms with Gasteiger partial charge < -0.3 is 5.32 Å². The van der Waals surface area contributed by atoms with Crippen molar-refractivity contribution in [3.63, 3.8) is 0 Å². The van der Waals surface area contributed by atoms with Crippen LogP contribution in [0.2, 0.25) is 0 Å². The van der Waals surface area contributed by atoms with Crippen LogP contribution in [0.25, 0.3) is 0 Å². The Bertz CT molecular complexity index is 339. The third-order valence-electron chi connectivity index (χ3n) is 3.31. The standard InChI is InChI=1S/C13H17F2N/c1-2-13(14,15)12-5-3-10(4-6-12)11-7-8-16-9-11/h3-6,11,16H,2,7-9H2,1H3. The van der Waals surface area contributed by atoms with Gasteiger partial charge in [-0.05, 0) is 24.4 Å². The number of hydrogen-bond donors (Lipinski definition) is 1. The Morgan fingerprint density at radius 3 is 2.50 bits per heavy atom. The molecule has 1 aromatic rings. The summed E-state index contributed by atoms with van der Waals surface area (Å²) in [5.41, 5.74) is 1.30. The lowest BCUT2D eigenvalue weighted by atomic mass is 9.96. The highest BCUT2D eigenvalue weighted by Gasteiger charge is 2.28. The van der Waals surface area contributed by atoms with E-state index >= 15 is 0 Å². The number of benzene rings is 1. The third-order valence-corrected chi connectivity index (χ3v) is 3.31. The molecule has 3 heteroatoms. The van der Waals surface area contributed by atoms with Crippen molar-refractivity contribution in [1.82, 2.24) is 5.32 Å². The molecular weight excluding hydrogens is 208 g/mol. The lowest BCUT2D eigenvalue weighted by Gasteiger charge is -2.16. The lowest BCUT2D eigenvalue weighted by molar-refractivity contribution is -0.00830. The van der Waals surface area contributed by atoms with Gasteiger partial charge in [-0.3, -0.25) is 0 Å². The maximum Gasteiger partial charge on any atom is 0.273 e. The second kappa shape index (κ2) is 4.50. The highest BCUT2D eigenvalue weighted by molar-refractivity contribution is 5.28. The van der Waals surface area contributed by atoms with Gasteiger partial charge in [0.1, 0.15) is 0 Å². The minimum Gasteiger partial charge on any atom is -0.316 e. The first-order valence-corrected chi connectivity index (χ1v) is 5.82. The lowest BCUT2D eigenvalue weighted by Crippen LogP contribution is -2.12. The highest BCUT2D eigenvalue weighted by Crippen LogP contribution is 2.32. The van der Waals surface area contributed by atoms with E-state index in [1.54, 1.807) is 12.1 Å². The molecule has 1 aliphatic heterocycles. The van der Waals surface area contributed by atoms with Crippen molar-refractivity contribution in [2.24, 2.45) is 0 Å². The molecule has 0 spiro atoms. The Morgan fingerprint density at radius 1 is 1.31 bits per heavy atom. The molecular formula is C13H17F2N. The summed E-state index contributed by atoms with van der Waals surface area (Å²) in [7, 11) is 0. The van der Waals surface area contributed by atoms with Gasteiger partial charge in [-0.15, -0.1) is 0 Å². The minimum atomic E-state index is -2.69. The van der Waals surface area contributed by atoms with Gasteiger partial charge >= 0.3 is 0 Å². The highest BCUT2D eigenvalue weighted by atomic mass is 19.3. The summed E-state index contributed by atoms with van der Waals surface area (Å²) in [5, 5.41) is 3.28. The Morgan fingerprint density at radius 2 is 2.00 bits per heavy atom. The topological polar surface area (TPSA) is 12.0 Å². The molecule has 0 radical (unpaired) electrons. The molecule has 1 fully saturated rings.